The van der Waals surface area contributed by atoms with Crippen LogP contribution in [0.1, 0.15) is 26.3 Å². The Morgan fingerprint density at radius 1 is 0.824 bits per heavy atom. The van der Waals surface area contributed by atoms with E-state index >= 15 is 0 Å². The molecular weight excluding hydrogens is 223 g/mol. The van der Waals surface area contributed by atoms with Gasteiger partial charge in [0, 0.05) is 0 Å². The third-order valence-corrected chi connectivity index (χ3v) is 3.53. The summed E-state index contributed by atoms with van der Waals surface area (Å²) in [6.07, 6.45) is 0. The Hall–Kier alpha value is -1.13. The predicted molar refractivity (Wildman–Crippen MR) is 79.9 cm³/mol. The summed E-state index contributed by atoms with van der Waals surface area (Å²) < 4.78 is 0. The molecule has 0 aliphatic carbocycles. The Labute approximate surface area is 106 Å². The standard InChI is InChI=1S/C16H19P/c1-16(2,3)13-10-8-12(9-11-13)14-6-4-5-7-15(14)17/h4-11H,17H2,1-3H3. The van der Waals surface area contributed by atoms with Gasteiger partial charge in [0.25, 0.3) is 0 Å². The molecule has 1 atom stereocenters. The highest BCUT2D eigenvalue weighted by atomic mass is 31.0. The van der Waals surface area contributed by atoms with Crippen LogP contribution in [0.25, 0.3) is 11.1 Å². The van der Waals surface area contributed by atoms with Crippen LogP contribution in [0.15, 0.2) is 48.5 Å². The van der Waals surface area contributed by atoms with Gasteiger partial charge in [0.05, 0.1) is 0 Å². The molecule has 0 N–H and O–H groups in total. The molecular formula is C16H19P. The molecule has 17 heavy (non-hydrogen) atoms. The highest BCUT2D eigenvalue weighted by molar-refractivity contribution is 7.28. The van der Waals surface area contributed by atoms with E-state index in [1.54, 1.807) is 0 Å². The second-order valence-electron chi connectivity index (χ2n) is 5.41. The second kappa shape index (κ2) is 4.63. The maximum absolute atomic E-state index is 2.80. The molecule has 2 aromatic carbocycles. The molecule has 0 fully saturated rings. The monoisotopic (exact) mass is 242 g/mol. The average molecular weight is 242 g/mol. The Morgan fingerprint density at radius 3 is 1.94 bits per heavy atom. The van der Waals surface area contributed by atoms with E-state index < -0.39 is 0 Å². The maximum Gasteiger partial charge on any atom is -0.0112 e. The molecule has 0 nitrogen and oxygen atoms in total. The molecule has 2 rings (SSSR count). The lowest BCUT2D eigenvalue weighted by Gasteiger charge is -2.19. The quantitative estimate of drug-likeness (QED) is 0.659. The van der Waals surface area contributed by atoms with Crippen LogP contribution in [-0.2, 0) is 5.41 Å². The average Bonchev–Trinajstić information content (AvgIpc) is 2.29. The topological polar surface area (TPSA) is 0 Å². The van der Waals surface area contributed by atoms with Gasteiger partial charge in [0.15, 0.2) is 0 Å². The molecule has 1 heteroatoms. The third kappa shape index (κ3) is 2.76. The minimum Gasteiger partial charge on any atom is -0.105 e. The summed E-state index contributed by atoms with van der Waals surface area (Å²) in [5.74, 6) is 0. The van der Waals surface area contributed by atoms with E-state index in [4.69, 9.17) is 0 Å². The van der Waals surface area contributed by atoms with Gasteiger partial charge in [-0.2, -0.15) is 0 Å². The zero-order valence-corrected chi connectivity index (χ0v) is 11.9. The van der Waals surface area contributed by atoms with Gasteiger partial charge in [-0.1, -0.05) is 69.3 Å². The highest BCUT2D eigenvalue weighted by Crippen LogP contribution is 2.25. The van der Waals surface area contributed by atoms with Gasteiger partial charge in [0.2, 0.25) is 0 Å². The molecule has 0 saturated heterocycles. The molecule has 0 heterocycles. The van der Waals surface area contributed by atoms with E-state index in [0.717, 1.165) is 0 Å². The first-order valence-corrected chi connectivity index (χ1v) is 6.51. The van der Waals surface area contributed by atoms with E-state index in [1.807, 2.05) is 0 Å². The third-order valence-electron chi connectivity index (χ3n) is 3.02. The molecule has 0 amide bonds. The Balaban J connectivity index is 2.40. The number of hydrogen-bond acceptors (Lipinski definition) is 0. The molecule has 0 radical (unpaired) electrons. The van der Waals surface area contributed by atoms with E-state index in [9.17, 15) is 0 Å². The van der Waals surface area contributed by atoms with Crippen LogP contribution < -0.4 is 5.30 Å². The summed E-state index contributed by atoms with van der Waals surface area (Å²) >= 11 is 0. The predicted octanol–water partition coefficient (Wildman–Crippen LogP) is 4.15. The van der Waals surface area contributed by atoms with Crippen molar-refractivity contribution in [3.8, 4) is 11.1 Å². The van der Waals surface area contributed by atoms with Crippen LogP contribution in [0.2, 0.25) is 0 Å². The van der Waals surface area contributed by atoms with E-state index in [2.05, 4.69) is 78.5 Å². The van der Waals surface area contributed by atoms with Crippen LogP contribution >= 0.6 is 9.24 Å². The van der Waals surface area contributed by atoms with E-state index in [0.29, 0.717) is 0 Å². The molecule has 88 valence electrons. The van der Waals surface area contributed by atoms with E-state index in [1.165, 1.54) is 22.0 Å². The molecule has 0 saturated carbocycles. The smallest absolute Gasteiger partial charge is 0.0112 e. The number of rotatable bonds is 1. The van der Waals surface area contributed by atoms with Crippen molar-refractivity contribution in [2.45, 2.75) is 26.2 Å². The van der Waals surface area contributed by atoms with Gasteiger partial charge in [-0.05, 0) is 27.4 Å². The molecule has 0 aromatic heterocycles. The molecule has 2 aromatic rings. The summed E-state index contributed by atoms with van der Waals surface area (Å²) in [5.41, 5.74) is 4.17. The van der Waals surface area contributed by atoms with Crippen molar-refractivity contribution in [1.82, 2.24) is 0 Å². The lowest BCUT2D eigenvalue weighted by Crippen LogP contribution is -2.10. The first-order valence-electron chi connectivity index (χ1n) is 5.94. The van der Waals surface area contributed by atoms with Gasteiger partial charge >= 0.3 is 0 Å². The van der Waals surface area contributed by atoms with Crippen molar-refractivity contribution in [3.05, 3.63) is 54.1 Å². The van der Waals surface area contributed by atoms with Crippen molar-refractivity contribution in [1.29, 1.82) is 0 Å². The lowest BCUT2D eigenvalue weighted by atomic mass is 9.86. The van der Waals surface area contributed by atoms with Gasteiger partial charge in [-0.15, -0.1) is 9.24 Å². The van der Waals surface area contributed by atoms with Crippen LogP contribution in [0.3, 0.4) is 0 Å². The highest BCUT2D eigenvalue weighted by Gasteiger charge is 2.13. The molecule has 1 unspecified atom stereocenters. The maximum atomic E-state index is 2.80. The fourth-order valence-corrected chi connectivity index (χ4v) is 2.28. The fraction of sp³-hybridized carbons (Fsp3) is 0.250. The molecule has 0 spiro atoms. The second-order valence-corrected chi connectivity index (χ2v) is 6.04. The number of hydrogen-bond donors (Lipinski definition) is 0. The van der Waals surface area contributed by atoms with Crippen LogP contribution in [-0.4, -0.2) is 0 Å². The van der Waals surface area contributed by atoms with Crippen molar-refractivity contribution in [3.63, 3.8) is 0 Å². The summed E-state index contributed by atoms with van der Waals surface area (Å²) in [5, 5.41) is 1.25. The Bertz CT molecular complexity index is 504. The Morgan fingerprint density at radius 2 is 1.41 bits per heavy atom. The summed E-state index contributed by atoms with van der Waals surface area (Å²) in [4.78, 5) is 0. The minimum atomic E-state index is 0.221. The molecule has 0 aliphatic heterocycles. The van der Waals surface area contributed by atoms with Crippen molar-refractivity contribution < 1.29 is 0 Å². The van der Waals surface area contributed by atoms with Gasteiger partial charge in [0.1, 0.15) is 0 Å². The SMILES string of the molecule is CC(C)(C)c1ccc(-c2ccccc2P)cc1. The minimum absolute atomic E-state index is 0.221. The van der Waals surface area contributed by atoms with Gasteiger partial charge in [-0.25, -0.2) is 0 Å². The van der Waals surface area contributed by atoms with Crippen molar-refractivity contribution >= 4 is 14.5 Å². The molecule has 0 bridgehead atoms. The molecule has 0 aliphatic rings. The fourth-order valence-electron chi connectivity index (χ4n) is 1.91. The van der Waals surface area contributed by atoms with Crippen LogP contribution in [0, 0.1) is 0 Å². The first kappa shape index (κ1) is 12.3. The number of benzene rings is 2. The van der Waals surface area contributed by atoms with Gasteiger partial charge in [-0.3, -0.25) is 0 Å². The lowest BCUT2D eigenvalue weighted by molar-refractivity contribution is 0.590. The Kier molecular flexibility index (Phi) is 3.35. The van der Waals surface area contributed by atoms with Crippen molar-refractivity contribution in [2.75, 3.05) is 0 Å². The largest absolute Gasteiger partial charge is 0.105 e. The summed E-state index contributed by atoms with van der Waals surface area (Å²) in [7, 11) is 2.80. The van der Waals surface area contributed by atoms with Crippen LogP contribution in [0.5, 0.6) is 0 Å². The van der Waals surface area contributed by atoms with E-state index in [-0.39, 0.29) is 5.41 Å². The zero-order chi connectivity index (χ0) is 12.5. The van der Waals surface area contributed by atoms with Crippen LogP contribution in [0.4, 0.5) is 0 Å². The first-order chi connectivity index (χ1) is 7.98. The normalized spacial score (nSPS) is 11.5. The summed E-state index contributed by atoms with van der Waals surface area (Å²) in [6.45, 7) is 6.73. The van der Waals surface area contributed by atoms with Crippen molar-refractivity contribution in [2.24, 2.45) is 0 Å². The van der Waals surface area contributed by atoms with Gasteiger partial charge < -0.3 is 0 Å². The summed E-state index contributed by atoms with van der Waals surface area (Å²) in [6, 6.07) is 17.3. The zero-order valence-electron chi connectivity index (χ0n) is 10.7.